The minimum Gasteiger partial charge on any atom is -0.485 e. The van der Waals surface area contributed by atoms with Crippen molar-refractivity contribution in [1.82, 2.24) is 20.3 Å². The van der Waals surface area contributed by atoms with Crippen molar-refractivity contribution in [2.45, 2.75) is 51.6 Å². The maximum atomic E-state index is 5.83. The molecule has 0 atom stereocenters. The summed E-state index contributed by atoms with van der Waals surface area (Å²) in [5.41, 5.74) is 0.775. The Morgan fingerprint density at radius 1 is 1.04 bits per heavy atom. The number of hydrogen-bond donors (Lipinski definition) is 0. The van der Waals surface area contributed by atoms with Gasteiger partial charge in [0.1, 0.15) is 5.75 Å². The molecule has 0 radical (unpaired) electrons. The zero-order chi connectivity index (χ0) is 17.1. The highest BCUT2D eigenvalue weighted by Gasteiger charge is 2.22. The molecule has 3 aromatic rings. The first-order valence-corrected chi connectivity index (χ1v) is 8.64. The second-order valence-electron chi connectivity index (χ2n) is 6.31. The highest BCUT2D eigenvalue weighted by atomic mass is 16.5. The summed E-state index contributed by atoms with van der Waals surface area (Å²) < 4.78 is 16.3. The summed E-state index contributed by atoms with van der Waals surface area (Å²) in [5.74, 6) is 3.37. The van der Waals surface area contributed by atoms with Gasteiger partial charge in [0.05, 0.1) is 5.56 Å². The minimum absolute atomic E-state index is 0.220. The van der Waals surface area contributed by atoms with E-state index in [9.17, 15) is 0 Å². The van der Waals surface area contributed by atoms with Crippen LogP contribution >= 0.6 is 0 Å². The summed E-state index contributed by atoms with van der Waals surface area (Å²) in [7, 11) is 0. The van der Waals surface area contributed by atoms with Crippen LogP contribution < -0.4 is 4.74 Å². The summed E-state index contributed by atoms with van der Waals surface area (Å²) in [6.07, 6.45) is 6.03. The number of rotatable bonds is 5. The standard InChI is InChI=1S/C18H20N4O3/c1-12-19-16(21-24-12)11-23-15-10-6-5-9-14(15)18-20-17(22-25-18)13-7-3-2-4-8-13/h5-6,9-10,13H,2-4,7-8,11H2,1H3. The highest BCUT2D eigenvalue weighted by Crippen LogP contribution is 2.34. The first-order valence-electron chi connectivity index (χ1n) is 8.64. The molecule has 1 aliphatic carbocycles. The summed E-state index contributed by atoms with van der Waals surface area (Å²) >= 11 is 0. The smallest absolute Gasteiger partial charge is 0.261 e. The van der Waals surface area contributed by atoms with Crippen molar-refractivity contribution in [3.8, 4) is 17.2 Å². The third-order valence-electron chi connectivity index (χ3n) is 4.46. The number of nitrogens with zero attached hydrogens (tertiary/aromatic N) is 4. The minimum atomic E-state index is 0.220. The van der Waals surface area contributed by atoms with Gasteiger partial charge in [0.15, 0.2) is 12.4 Å². The molecule has 7 heteroatoms. The van der Waals surface area contributed by atoms with E-state index in [1.807, 2.05) is 24.3 Å². The van der Waals surface area contributed by atoms with Crippen LogP contribution in [0.15, 0.2) is 33.3 Å². The third kappa shape index (κ3) is 3.55. The Labute approximate surface area is 145 Å². The van der Waals surface area contributed by atoms with Gasteiger partial charge < -0.3 is 13.8 Å². The number of benzene rings is 1. The van der Waals surface area contributed by atoms with Crippen LogP contribution in [0.1, 0.15) is 55.6 Å². The lowest BCUT2D eigenvalue weighted by molar-refractivity contribution is 0.285. The molecule has 0 bridgehead atoms. The van der Waals surface area contributed by atoms with Gasteiger partial charge in [-0.05, 0) is 25.0 Å². The molecule has 1 aliphatic rings. The normalized spacial score (nSPS) is 15.4. The second-order valence-corrected chi connectivity index (χ2v) is 6.31. The maximum absolute atomic E-state index is 5.83. The SMILES string of the molecule is Cc1nc(COc2ccccc2-c2nc(C3CCCCC3)no2)no1. The van der Waals surface area contributed by atoms with Gasteiger partial charge in [0.25, 0.3) is 5.89 Å². The van der Waals surface area contributed by atoms with Crippen molar-refractivity contribution in [2.24, 2.45) is 0 Å². The Hall–Kier alpha value is -2.70. The first-order chi connectivity index (χ1) is 12.3. The van der Waals surface area contributed by atoms with Crippen LogP contribution in [0.4, 0.5) is 0 Å². The Bertz CT molecular complexity index is 836. The topological polar surface area (TPSA) is 87.1 Å². The monoisotopic (exact) mass is 340 g/mol. The van der Waals surface area contributed by atoms with E-state index in [1.54, 1.807) is 6.92 Å². The van der Waals surface area contributed by atoms with Gasteiger partial charge in [-0.1, -0.05) is 41.7 Å². The van der Waals surface area contributed by atoms with E-state index in [-0.39, 0.29) is 6.61 Å². The van der Waals surface area contributed by atoms with Crippen molar-refractivity contribution >= 4 is 0 Å². The molecule has 1 fully saturated rings. The predicted molar refractivity (Wildman–Crippen MR) is 88.9 cm³/mol. The molecule has 0 aliphatic heterocycles. The molecule has 0 saturated heterocycles. The van der Waals surface area contributed by atoms with E-state index in [2.05, 4.69) is 20.3 Å². The Balaban J connectivity index is 1.53. The average molecular weight is 340 g/mol. The molecule has 0 spiro atoms. The molecule has 2 aromatic heterocycles. The molecule has 0 amide bonds. The number of ether oxygens (including phenoxy) is 1. The Morgan fingerprint density at radius 2 is 1.88 bits per heavy atom. The van der Waals surface area contributed by atoms with Crippen molar-refractivity contribution < 1.29 is 13.8 Å². The summed E-state index contributed by atoms with van der Waals surface area (Å²) in [6, 6.07) is 7.60. The molecule has 25 heavy (non-hydrogen) atoms. The van der Waals surface area contributed by atoms with Crippen molar-refractivity contribution in [1.29, 1.82) is 0 Å². The van der Waals surface area contributed by atoms with Crippen LogP contribution in [-0.2, 0) is 6.61 Å². The van der Waals surface area contributed by atoms with Gasteiger partial charge in [-0.3, -0.25) is 0 Å². The van der Waals surface area contributed by atoms with Crippen LogP contribution in [0.25, 0.3) is 11.5 Å². The molecular weight excluding hydrogens is 320 g/mol. The summed E-state index contributed by atoms with van der Waals surface area (Å²) in [4.78, 5) is 8.76. The molecular formula is C18H20N4O3. The van der Waals surface area contributed by atoms with Crippen LogP contribution in [-0.4, -0.2) is 20.3 Å². The second kappa shape index (κ2) is 7.04. The predicted octanol–water partition coefficient (Wildman–Crippen LogP) is 4.05. The zero-order valence-electron chi connectivity index (χ0n) is 14.1. The van der Waals surface area contributed by atoms with Crippen LogP contribution in [0.2, 0.25) is 0 Å². The van der Waals surface area contributed by atoms with Crippen LogP contribution in [0.3, 0.4) is 0 Å². The van der Waals surface area contributed by atoms with E-state index >= 15 is 0 Å². The van der Waals surface area contributed by atoms with E-state index < -0.39 is 0 Å². The molecule has 0 N–H and O–H groups in total. The Kier molecular flexibility index (Phi) is 4.45. The van der Waals surface area contributed by atoms with Crippen LogP contribution in [0, 0.1) is 6.92 Å². The van der Waals surface area contributed by atoms with Gasteiger partial charge in [-0.15, -0.1) is 0 Å². The molecule has 7 nitrogen and oxygen atoms in total. The number of aromatic nitrogens is 4. The van der Waals surface area contributed by atoms with E-state index in [0.29, 0.717) is 29.3 Å². The quantitative estimate of drug-likeness (QED) is 0.692. The van der Waals surface area contributed by atoms with E-state index in [0.717, 1.165) is 24.2 Å². The molecule has 130 valence electrons. The lowest BCUT2D eigenvalue weighted by atomic mass is 9.89. The largest absolute Gasteiger partial charge is 0.485 e. The summed E-state index contributed by atoms with van der Waals surface area (Å²) in [5, 5.41) is 8.03. The Morgan fingerprint density at radius 3 is 2.68 bits per heavy atom. The molecule has 2 heterocycles. The highest BCUT2D eigenvalue weighted by molar-refractivity contribution is 5.62. The fourth-order valence-electron chi connectivity index (χ4n) is 3.18. The van der Waals surface area contributed by atoms with E-state index in [4.69, 9.17) is 13.8 Å². The van der Waals surface area contributed by atoms with Crippen LogP contribution in [0.5, 0.6) is 5.75 Å². The lowest BCUT2D eigenvalue weighted by Crippen LogP contribution is -2.06. The van der Waals surface area contributed by atoms with Crippen molar-refractivity contribution in [3.05, 3.63) is 41.8 Å². The van der Waals surface area contributed by atoms with E-state index in [1.165, 1.54) is 19.3 Å². The number of aryl methyl sites for hydroxylation is 1. The number of hydrogen-bond acceptors (Lipinski definition) is 7. The third-order valence-corrected chi connectivity index (χ3v) is 4.46. The fraction of sp³-hybridized carbons (Fsp3) is 0.444. The van der Waals surface area contributed by atoms with Crippen molar-refractivity contribution in [3.63, 3.8) is 0 Å². The van der Waals surface area contributed by atoms with Gasteiger partial charge >= 0.3 is 0 Å². The summed E-state index contributed by atoms with van der Waals surface area (Å²) in [6.45, 7) is 1.97. The number of para-hydroxylation sites is 1. The molecule has 1 aromatic carbocycles. The van der Waals surface area contributed by atoms with Gasteiger partial charge in [0.2, 0.25) is 11.7 Å². The molecule has 4 rings (SSSR count). The lowest BCUT2D eigenvalue weighted by Gasteiger charge is -2.17. The van der Waals surface area contributed by atoms with Crippen molar-refractivity contribution in [2.75, 3.05) is 0 Å². The molecule has 1 saturated carbocycles. The van der Waals surface area contributed by atoms with Gasteiger partial charge in [-0.25, -0.2) is 0 Å². The first kappa shape index (κ1) is 15.8. The maximum Gasteiger partial charge on any atom is 0.261 e. The fourth-order valence-corrected chi connectivity index (χ4v) is 3.18. The average Bonchev–Trinajstić information content (AvgIpc) is 3.30. The zero-order valence-corrected chi connectivity index (χ0v) is 14.1. The molecule has 0 unspecified atom stereocenters. The van der Waals surface area contributed by atoms with Gasteiger partial charge in [0, 0.05) is 12.8 Å². The van der Waals surface area contributed by atoms with Gasteiger partial charge in [-0.2, -0.15) is 9.97 Å².